The molecule has 0 aliphatic heterocycles. The van der Waals surface area contributed by atoms with Gasteiger partial charge in [-0.3, -0.25) is 19.0 Å². The van der Waals surface area contributed by atoms with Crippen LogP contribution in [0.1, 0.15) is 26.7 Å². The molecule has 0 saturated heterocycles. The summed E-state index contributed by atoms with van der Waals surface area (Å²) in [6.07, 6.45) is 1.90. The molecule has 0 fully saturated rings. The van der Waals surface area contributed by atoms with Gasteiger partial charge in [-0.1, -0.05) is 13.8 Å². The highest BCUT2D eigenvalue weighted by Gasteiger charge is 2.17. The molecule has 0 bridgehead atoms. The minimum atomic E-state index is -0.396. The molecule has 19 heavy (non-hydrogen) atoms. The molecule has 0 aliphatic rings. The molecule has 0 amide bonds. The van der Waals surface area contributed by atoms with Crippen molar-refractivity contribution in [2.45, 2.75) is 38.3 Å². The normalized spacial score (nSPS) is 11.3. The van der Waals surface area contributed by atoms with Crippen molar-refractivity contribution < 1.29 is 0 Å². The van der Waals surface area contributed by atoms with Gasteiger partial charge in [0.15, 0.2) is 5.52 Å². The molecule has 0 radical (unpaired) electrons. The summed E-state index contributed by atoms with van der Waals surface area (Å²) in [6, 6.07) is 0. The van der Waals surface area contributed by atoms with E-state index in [2.05, 4.69) is 17.0 Å². The number of rotatable bonds is 5. The number of hydrogen-bond donors (Lipinski definition) is 1. The Hall–Kier alpha value is -1.50. The van der Waals surface area contributed by atoms with Gasteiger partial charge in [-0.2, -0.15) is 5.10 Å². The first-order valence-corrected chi connectivity index (χ1v) is 7.41. The van der Waals surface area contributed by atoms with Crippen molar-refractivity contribution >= 4 is 22.8 Å². The molecular weight excluding hydrogens is 264 g/mol. The zero-order valence-electron chi connectivity index (χ0n) is 11.4. The van der Waals surface area contributed by atoms with Crippen molar-refractivity contribution in [2.24, 2.45) is 7.05 Å². The molecule has 0 spiro atoms. The highest BCUT2D eigenvalue weighted by molar-refractivity contribution is 7.99. The second kappa shape index (κ2) is 5.64. The third-order valence-electron chi connectivity index (χ3n) is 2.85. The van der Waals surface area contributed by atoms with Crippen LogP contribution in [0.2, 0.25) is 0 Å². The van der Waals surface area contributed by atoms with E-state index in [9.17, 15) is 9.59 Å². The number of H-pyrrole nitrogens is 1. The van der Waals surface area contributed by atoms with Gasteiger partial charge in [-0.05, 0) is 18.6 Å². The van der Waals surface area contributed by atoms with Gasteiger partial charge in [0, 0.05) is 13.6 Å². The fourth-order valence-electron chi connectivity index (χ4n) is 1.97. The van der Waals surface area contributed by atoms with Gasteiger partial charge in [0.25, 0.3) is 5.56 Å². The summed E-state index contributed by atoms with van der Waals surface area (Å²) in [5, 5.41) is 5.24. The minimum absolute atomic E-state index is 0.359. The van der Waals surface area contributed by atoms with E-state index in [-0.39, 0.29) is 5.56 Å². The summed E-state index contributed by atoms with van der Waals surface area (Å²) in [7, 11) is 1.66. The van der Waals surface area contributed by atoms with Gasteiger partial charge in [0.2, 0.25) is 0 Å². The first kappa shape index (κ1) is 13.9. The summed E-state index contributed by atoms with van der Waals surface area (Å²) < 4.78 is 3.17. The molecule has 2 rings (SSSR count). The standard InChI is InChI=1S/C12H18N4O2S/c1-4-6-16-8-9(11(14-16)19-7-5-2)15(3)12(18)13-10(8)17/h4-7H2,1-3H3,(H,13,17,18). The maximum absolute atomic E-state index is 12.0. The van der Waals surface area contributed by atoms with Crippen molar-refractivity contribution in [2.75, 3.05) is 5.75 Å². The van der Waals surface area contributed by atoms with E-state index in [0.717, 1.165) is 23.6 Å². The lowest BCUT2D eigenvalue weighted by Crippen LogP contribution is -2.29. The van der Waals surface area contributed by atoms with Crippen LogP contribution in [0.25, 0.3) is 11.0 Å². The van der Waals surface area contributed by atoms with Gasteiger partial charge >= 0.3 is 5.69 Å². The largest absolute Gasteiger partial charge is 0.328 e. The van der Waals surface area contributed by atoms with Crippen molar-refractivity contribution in [3.63, 3.8) is 0 Å². The predicted molar refractivity (Wildman–Crippen MR) is 76.9 cm³/mol. The van der Waals surface area contributed by atoms with E-state index in [1.807, 2.05) is 6.92 Å². The zero-order valence-corrected chi connectivity index (χ0v) is 12.2. The fourth-order valence-corrected chi connectivity index (χ4v) is 2.89. The molecule has 2 aromatic rings. The highest BCUT2D eigenvalue weighted by atomic mass is 32.2. The van der Waals surface area contributed by atoms with E-state index >= 15 is 0 Å². The number of aromatic amines is 1. The van der Waals surface area contributed by atoms with E-state index in [1.165, 1.54) is 4.57 Å². The SMILES string of the molecule is CCCSc1nn(CCC)c2c(=O)[nH]c(=O)n(C)c12. The maximum atomic E-state index is 12.0. The number of nitrogens with one attached hydrogen (secondary N) is 1. The van der Waals surface area contributed by atoms with Gasteiger partial charge in [0.05, 0.1) is 0 Å². The molecule has 0 unspecified atom stereocenters. The van der Waals surface area contributed by atoms with Crippen molar-refractivity contribution in [3.8, 4) is 0 Å². The summed E-state index contributed by atoms with van der Waals surface area (Å²) in [6.45, 7) is 4.79. The van der Waals surface area contributed by atoms with Crippen LogP contribution in [-0.2, 0) is 13.6 Å². The third kappa shape index (κ3) is 2.47. The van der Waals surface area contributed by atoms with E-state index in [1.54, 1.807) is 23.5 Å². The topological polar surface area (TPSA) is 72.7 Å². The van der Waals surface area contributed by atoms with Gasteiger partial charge in [0.1, 0.15) is 10.5 Å². The van der Waals surface area contributed by atoms with Crippen LogP contribution in [0.5, 0.6) is 0 Å². The van der Waals surface area contributed by atoms with Gasteiger partial charge < -0.3 is 0 Å². The lowest BCUT2D eigenvalue weighted by Gasteiger charge is -2.01. The third-order valence-corrected chi connectivity index (χ3v) is 4.01. The molecule has 0 aromatic carbocycles. The first-order valence-electron chi connectivity index (χ1n) is 6.42. The summed E-state index contributed by atoms with van der Waals surface area (Å²) >= 11 is 1.58. The summed E-state index contributed by atoms with van der Waals surface area (Å²) in [5.41, 5.74) is 0.373. The average Bonchev–Trinajstić information content (AvgIpc) is 2.73. The molecule has 7 heteroatoms. The number of fused-ring (bicyclic) bond motifs is 1. The maximum Gasteiger partial charge on any atom is 0.328 e. The monoisotopic (exact) mass is 282 g/mol. The minimum Gasteiger partial charge on any atom is -0.292 e. The smallest absolute Gasteiger partial charge is 0.292 e. The lowest BCUT2D eigenvalue weighted by atomic mass is 10.4. The molecule has 2 aromatic heterocycles. The second-order valence-corrected chi connectivity index (χ2v) is 5.48. The van der Waals surface area contributed by atoms with Crippen molar-refractivity contribution in [1.29, 1.82) is 0 Å². The quantitative estimate of drug-likeness (QED) is 0.840. The average molecular weight is 282 g/mol. The van der Waals surface area contributed by atoms with Crippen LogP contribution in [0.3, 0.4) is 0 Å². The molecule has 6 nitrogen and oxygen atoms in total. The molecule has 0 saturated carbocycles. The highest BCUT2D eigenvalue weighted by Crippen LogP contribution is 2.24. The van der Waals surface area contributed by atoms with Crippen molar-refractivity contribution in [1.82, 2.24) is 19.3 Å². The Morgan fingerprint density at radius 2 is 1.95 bits per heavy atom. The van der Waals surface area contributed by atoms with Crippen molar-refractivity contribution in [3.05, 3.63) is 20.8 Å². The van der Waals surface area contributed by atoms with Gasteiger partial charge in [-0.25, -0.2) is 4.79 Å². The van der Waals surface area contributed by atoms with Crippen LogP contribution in [0, 0.1) is 0 Å². The molecule has 0 atom stereocenters. The van der Waals surface area contributed by atoms with E-state index in [4.69, 9.17) is 0 Å². The Labute approximate surface area is 114 Å². The molecule has 1 N–H and O–H groups in total. The summed E-state index contributed by atoms with van der Waals surface area (Å²) in [4.78, 5) is 26.0. The first-order chi connectivity index (χ1) is 9.10. The van der Waals surface area contributed by atoms with Crippen LogP contribution >= 0.6 is 11.8 Å². The Morgan fingerprint density at radius 1 is 1.21 bits per heavy atom. The number of thioether (sulfide) groups is 1. The van der Waals surface area contributed by atoms with Crippen LogP contribution < -0.4 is 11.2 Å². The van der Waals surface area contributed by atoms with E-state index < -0.39 is 5.69 Å². The van der Waals surface area contributed by atoms with Gasteiger partial charge in [-0.15, -0.1) is 11.8 Å². The predicted octanol–water partition coefficient (Wildman–Crippen LogP) is 1.34. The Morgan fingerprint density at radius 3 is 2.58 bits per heavy atom. The van der Waals surface area contributed by atoms with Crippen LogP contribution in [0.4, 0.5) is 0 Å². The lowest BCUT2D eigenvalue weighted by molar-refractivity contribution is 0.605. The number of hydrogen-bond acceptors (Lipinski definition) is 4. The van der Waals surface area contributed by atoms with Crippen LogP contribution in [-0.4, -0.2) is 25.1 Å². The number of aryl methyl sites for hydroxylation is 2. The molecule has 2 heterocycles. The van der Waals surface area contributed by atoms with Crippen LogP contribution in [0.15, 0.2) is 14.6 Å². The molecule has 0 aliphatic carbocycles. The number of aromatic nitrogens is 4. The summed E-state index contributed by atoms with van der Waals surface area (Å²) in [5.74, 6) is 0.916. The number of nitrogens with zero attached hydrogens (tertiary/aromatic N) is 3. The Bertz CT molecular complexity index is 698. The fraction of sp³-hybridized carbons (Fsp3) is 0.583. The second-order valence-electron chi connectivity index (χ2n) is 4.39. The molecular formula is C12H18N4O2S. The Balaban J connectivity index is 2.75. The zero-order chi connectivity index (χ0) is 14.0. The molecule has 104 valence electrons. The Kier molecular flexibility index (Phi) is 4.14. The van der Waals surface area contributed by atoms with E-state index in [0.29, 0.717) is 17.6 Å².